The second-order valence-electron chi connectivity index (χ2n) is 4.86. The van der Waals surface area contributed by atoms with E-state index in [2.05, 4.69) is 33.6 Å². The summed E-state index contributed by atoms with van der Waals surface area (Å²) in [4.78, 5) is 9.13. The third kappa shape index (κ3) is 8.43. The van der Waals surface area contributed by atoms with Crippen molar-refractivity contribution in [1.82, 2.24) is 15.1 Å². The molecule has 1 saturated heterocycles. The van der Waals surface area contributed by atoms with E-state index in [-0.39, 0.29) is 24.0 Å². The average Bonchev–Trinajstić information content (AvgIpc) is 2.37. The SMILES string of the molecule is C=C(C)CN=C(N)NCCN1CCN(CC)CC1.I. The standard InChI is InChI=1S/C13H27N5.HI/c1-4-17-7-9-18(10-8-17)6-5-15-13(14)16-11-12(2)3;/h2,4-11H2,1,3H3,(H3,14,15,16);1H. The Bertz CT molecular complexity index is 285. The van der Waals surface area contributed by atoms with Gasteiger partial charge in [0.05, 0.1) is 6.54 Å². The Kier molecular flexibility index (Phi) is 10.3. The summed E-state index contributed by atoms with van der Waals surface area (Å²) in [5.41, 5.74) is 6.78. The summed E-state index contributed by atoms with van der Waals surface area (Å²) in [6.07, 6.45) is 0. The van der Waals surface area contributed by atoms with Gasteiger partial charge in [-0.2, -0.15) is 0 Å². The van der Waals surface area contributed by atoms with Gasteiger partial charge in [0.25, 0.3) is 0 Å². The first-order valence-corrected chi connectivity index (χ1v) is 6.74. The zero-order valence-corrected chi connectivity index (χ0v) is 14.5. The van der Waals surface area contributed by atoms with E-state index in [9.17, 15) is 0 Å². The molecule has 5 nitrogen and oxygen atoms in total. The summed E-state index contributed by atoms with van der Waals surface area (Å²) in [6.45, 7) is 16.3. The number of nitrogens with one attached hydrogen (secondary N) is 1. The van der Waals surface area contributed by atoms with Crippen molar-refractivity contribution in [3.63, 3.8) is 0 Å². The van der Waals surface area contributed by atoms with Crippen LogP contribution in [-0.2, 0) is 0 Å². The molecule has 0 amide bonds. The Labute approximate surface area is 134 Å². The molecule has 0 aromatic rings. The molecule has 1 rings (SSSR count). The summed E-state index contributed by atoms with van der Waals surface area (Å²) in [7, 11) is 0. The summed E-state index contributed by atoms with van der Waals surface area (Å²) < 4.78 is 0. The van der Waals surface area contributed by atoms with Gasteiger partial charge in [-0.15, -0.1) is 24.0 Å². The van der Waals surface area contributed by atoms with Crippen molar-refractivity contribution in [3.8, 4) is 0 Å². The monoisotopic (exact) mass is 381 g/mol. The van der Waals surface area contributed by atoms with Gasteiger partial charge in [0.2, 0.25) is 0 Å². The topological polar surface area (TPSA) is 56.9 Å². The minimum absolute atomic E-state index is 0. The van der Waals surface area contributed by atoms with Gasteiger partial charge >= 0.3 is 0 Å². The molecule has 1 fully saturated rings. The predicted molar refractivity (Wildman–Crippen MR) is 93.3 cm³/mol. The van der Waals surface area contributed by atoms with Gasteiger partial charge in [-0.05, 0) is 13.5 Å². The molecule has 1 heterocycles. The van der Waals surface area contributed by atoms with Crippen molar-refractivity contribution < 1.29 is 0 Å². The van der Waals surface area contributed by atoms with Crippen LogP contribution in [0.25, 0.3) is 0 Å². The first-order valence-electron chi connectivity index (χ1n) is 6.74. The highest BCUT2D eigenvalue weighted by atomic mass is 127. The second-order valence-corrected chi connectivity index (χ2v) is 4.86. The van der Waals surface area contributed by atoms with Crippen LogP contribution in [0.1, 0.15) is 13.8 Å². The van der Waals surface area contributed by atoms with Gasteiger partial charge in [0, 0.05) is 39.3 Å². The van der Waals surface area contributed by atoms with Gasteiger partial charge in [0.1, 0.15) is 0 Å². The van der Waals surface area contributed by atoms with E-state index in [1.165, 1.54) is 13.1 Å². The fourth-order valence-electron chi connectivity index (χ4n) is 1.95. The summed E-state index contributed by atoms with van der Waals surface area (Å²) >= 11 is 0. The van der Waals surface area contributed by atoms with Crippen molar-refractivity contribution in [2.24, 2.45) is 10.7 Å². The van der Waals surface area contributed by atoms with Crippen LogP contribution in [0.2, 0.25) is 0 Å². The van der Waals surface area contributed by atoms with Gasteiger partial charge in [-0.1, -0.05) is 19.1 Å². The molecule has 6 heteroatoms. The summed E-state index contributed by atoms with van der Waals surface area (Å²) in [5, 5.41) is 3.14. The molecule has 0 bridgehead atoms. The van der Waals surface area contributed by atoms with E-state index in [0.29, 0.717) is 12.5 Å². The number of likely N-dealkylation sites (N-methyl/N-ethyl adjacent to an activating group) is 1. The molecule has 0 saturated carbocycles. The quantitative estimate of drug-likeness (QED) is 0.308. The lowest BCUT2D eigenvalue weighted by atomic mass is 10.3. The number of hydrogen-bond donors (Lipinski definition) is 2. The fraction of sp³-hybridized carbons (Fsp3) is 0.769. The third-order valence-corrected chi connectivity index (χ3v) is 3.17. The molecule has 1 aliphatic heterocycles. The number of piperazine rings is 1. The lowest BCUT2D eigenvalue weighted by Gasteiger charge is -2.33. The highest BCUT2D eigenvalue weighted by molar-refractivity contribution is 14.0. The summed E-state index contributed by atoms with van der Waals surface area (Å²) in [6, 6.07) is 0. The molecule has 19 heavy (non-hydrogen) atoms. The maximum atomic E-state index is 5.75. The zero-order chi connectivity index (χ0) is 13.4. The van der Waals surface area contributed by atoms with Crippen LogP contribution in [0.4, 0.5) is 0 Å². The van der Waals surface area contributed by atoms with Gasteiger partial charge in [-0.25, -0.2) is 4.99 Å². The molecule has 1 aliphatic rings. The van der Waals surface area contributed by atoms with Gasteiger partial charge < -0.3 is 16.0 Å². The van der Waals surface area contributed by atoms with E-state index in [4.69, 9.17) is 5.73 Å². The minimum atomic E-state index is 0. The maximum Gasteiger partial charge on any atom is 0.188 e. The highest BCUT2D eigenvalue weighted by Gasteiger charge is 2.14. The largest absolute Gasteiger partial charge is 0.370 e. The Hall–Kier alpha value is -0.340. The molecule has 0 spiro atoms. The van der Waals surface area contributed by atoms with Crippen molar-refractivity contribution in [1.29, 1.82) is 0 Å². The van der Waals surface area contributed by atoms with Crippen molar-refractivity contribution in [2.75, 3.05) is 52.4 Å². The predicted octanol–water partition coefficient (Wildman–Crippen LogP) is 0.722. The molecule has 0 aromatic carbocycles. The lowest BCUT2D eigenvalue weighted by Crippen LogP contribution is -2.48. The number of halogens is 1. The Morgan fingerprint density at radius 3 is 2.37 bits per heavy atom. The molecular formula is C13H28IN5. The number of hydrogen-bond acceptors (Lipinski definition) is 3. The third-order valence-electron chi connectivity index (χ3n) is 3.17. The molecule has 0 aliphatic carbocycles. The van der Waals surface area contributed by atoms with Gasteiger partial charge in [0.15, 0.2) is 5.96 Å². The Morgan fingerprint density at radius 2 is 1.84 bits per heavy atom. The molecule has 0 atom stereocenters. The molecule has 0 radical (unpaired) electrons. The number of nitrogens with two attached hydrogens (primary N) is 1. The highest BCUT2D eigenvalue weighted by Crippen LogP contribution is 1.99. The van der Waals surface area contributed by atoms with Crippen LogP contribution in [0.3, 0.4) is 0 Å². The van der Waals surface area contributed by atoms with E-state index in [1.807, 2.05) is 6.92 Å². The van der Waals surface area contributed by atoms with Crippen molar-refractivity contribution >= 4 is 29.9 Å². The molecule has 0 aromatic heterocycles. The van der Waals surface area contributed by atoms with E-state index < -0.39 is 0 Å². The summed E-state index contributed by atoms with van der Waals surface area (Å²) in [5.74, 6) is 0.519. The van der Waals surface area contributed by atoms with Crippen LogP contribution < -0.4 is 11.1 Å². The molecule has 0 unspecified atom stereocenters. The van der Waals surface area contributed by atoms with Crippen LogP contribution in [0.15, 0.2) is 17.1 Å². The molecule has 3 N–H and O–H groups in total. The van der Waals surface area contributed by atoms with Crippen LogP contribution in [0, 0.1) is 0 Å². The second kappa shape index (κ2) is 10.4. The number of rotatable bonds is 6. The van der Waals surface area contributed by atoms with Crippen molar-refractivity contribution in [2.45, 2.75) is 13.8 Å². The smallest absolute Gasteiger partial charge is 0.188 e. The number of nitrogens with zero attached hydrogens (tertiary/aromatic N) is 3. The Morgan fingerprint density at radius 1 is 1.26 bits per heavy atom. The first-order chi connectivity index (χ1) is 8.61. The van der Waals surface area contributed by atoms with Crippen LogP contribution in [0.5, 0.6) is 0 Å². The molecule has 112 valence electrons. The van der Waals surface area contributed by atoms with Crippen LogP contribution in [-0.4, -0.2) is 68.1 Å². The fourth-order valence-corrected chi connectivity index (χ4v) is 1.95. The Balaban J connectivity index is 0.00000324. The zero-order valence-electron chi connectivity index (χ0n) is 12.2. The first kappa shape index (κ1) is 18.7. The van der Waals surface area contributed by atoms with Crippen LogP contribution >= 0.6 is 24.0 Å². The number of aliphatic imine (C=N–C) groups is 1. The van der Waals surface area contributed by atoms with E-state index in [1.54, 1.807) is 0 Å². The minimum Gasteiger partial charge on any atom is -0.370 e. The van der Waals surface area contributed by atoms with Gasteiger partial charge in [-0.3, -0.25) is 4.90 Å². The van der Waals surface area contributed by atoms with E-state index in [0.717, 1.165) is 38.3 Å². The lowest BCUT2D eigenvalue weighted by molar-refractivity contribution is 0.139. The number of guanidine groups is 1. The molecular weight excluding hydrogens is 353 g/mol. The van der Waals surface area contributed by atoms with E-state index >= 15 is 0 Å². The maximum absolute atomic E-state index is 5.75. The normalized spacial score (nSPS) is 17.9. The average molecular weight is 381 g/mol. The van der Waals surface area contributed by atoms with Crippen molar-refractivity contribution in [3.05, 3.63) is 12.2 Å².